The minimum Gasteiger partial charge on any atom is -0.461 e. The molecule has 0 aliphatic rings. The monoisotopic (exact) mass is 390 g/mol. The minimum absolute atomic E-state index is 0.127. The summed E-state index contributed by atoms with van der Waals surface area (Å²) < 4.78 is 7.39. The number of nitrogens with one attached hydrogen (secondary N) is 1. The number of anilines is 1. The van der Waals surface area contributed by atoms with E-state index in [1.165, 1.54) is 11.8 Å². The number of hydrogen-bond donors (Lipinski definition) is 1. The van der Waals surface area contributed by atoms with Crippen molar-refractivity contribution in [3.05, 3.63) is 47.2 Å². The number of halogens is 1. The van der Waals surface area contributed by atoms with Crippen LogP contribution in [0, 0.1) is 6.92 Å². The lowest BCUT2D eigenvalue weighted by Crippen LogP contribution is -2.15. The van der Waals surface area contributed by atoms with Gasteiger partial charge in [0.05, 0.1) is 12.0 Å². The summed E-state index contributed by atoms with van der Waals surface area (Å²) in [6.07, 6.45) is 1.60. The molecule has 136 valence electrons. The Morgan fingerprint density at radius 3 is 2.85 bits per heavy atom. The third-order valence-corrected chi connectivity index (χ3v) is 4.91. The number of nitrogens with zero attached hydrogens (tertiary/aromatic N) is 3. The van der Waals surface area contributed by atoms with Crippen LogP contribution in [0.5, 0.6) is 0 Å². The van der Waals surface area contributed by atoms with Gasteiger partial charge in [0, 0.05) is 16.8 Å². The first-order valence-corrected chi connectivity index (χ1v) is 9.49. The van der Waals surface area contributed by atoms with Gasteiger partial charge in [-0.1, -0.05) is 29.4 Å². The first kappa shape index (κ1) is 18.5. The van der Waals surface area contributed by atoms with Crippen LogP contribution in [0.1, 0.15) is 25.5 Å². The molecule has 2 aromatic heterocycles. The van der Waals surface area contributed by atoms with E-state index in [0.717, 1.165) is 5.56 Å². The van der Waals surface area contributed by atoms with Crippen molar-refractivity contribution in [1.29, 1.82) is 0 Å². The Morgan fingerprint density at radius 2 is 2.15 bits per heavy atom. The number of amides is 1. The molecular formula is C18H19ClN4O2S. The molecule has 0 radical (unpaired) electrons. The lowest BCUT2D eigenvalue weighted by atomic mass is 10.2. The normalized spacial score (nSPS) is 11.1. The van der Waals surface area contributed by atoms with Crippen molar-refractivity contribution in [2.24, 2.45) is 0 Å². The fraction of sp³-hybridized carbons (Fsp3) is 0.278. The molecule has 0 aliphatic heterocycles. The molecule has 0 fully saturated rings. The molecule has 26 heavy (non-hydrogen) atoms. The van der Waals surface area contributed by atoms with Gasteiger partial charge in [0.2, 0.25) is 11.7 Å². The molecule has 8 heteroatoms. The number of aromatic nitrogens is 3. The Hall–Kier alpha value is -2.25. The number of carbonyl (C=O) groups is 1. The zero-order valence-corrected chi connectivity index (χ0v) is 16.3. The van der Waals surface area contributed by atoms with Crippen molar-refractivity contribution in [3.63, 3.8) is 0 Å². The molecule has 0 atom stereocenters. The molecule has 1 N–H and O–H groups in total. The predicted octanol–water partition coefficient (Wildman–Crippen LogP) is 4.81. The highest BCUT2D eigenvalue weighted by atomic mass is 35.5. The highest BCUT2D eigenvalue weighted by Crippen LogP contribution is 2.28. The number of rotatable bonds is 6. The van der Waals surface area contributed by atoms with Gasteiger partial charge >= 0.3 is 0 Å². The van der Waals surface area contributed by atoms with Crippen molar-refractivity contribution in [3.8, 4) is 11.6 Å². The Balaban J connectivity index is 1.71. The maximum Gasteiger partial charge on any atom is 0.234 e. The zero-order chi connectivity index (χ0) is 18.7. The SMILES string of the molecule is Cc1ccc(Cl)cc1NC(=O)CSc1nnc(-c2ccco2)n1C(C)C. The van der Waals surface area contributed by atoms with Crippen molar-refractivity contribution in [2.45, 2.75) is 32.0 Å². The van der Waals surface area contributed by atoms with E-state index < -0.39 is 0 Å². The molecule has 6 nitrogen and oxygen atoms in total. The van der Waals surface area contributed by atoms with Crippen LogP contribution in [0.4, 0.5) is 5.69 Å². The number of thioether (sulfide) groups is 1. The number of aryl methyl sites for hydroxylation is 1. The molecule has 1 aromatic carbocycles. The third-order valence-electron chi connectivity index (χ3n) is 3.73. The molecular weight excluding hydrogens is 372 g/mol. The van der Waals surface area contributed by atoms with E-state index in [2.05, 4.69) is 15.5 Å². The standard InChI is InChI=1S/C18H19ClN4O2S/c1-11(2)23-17(15-5-4-8-25-15)21-22-18(23)26-10-16(24)20-14-9-13(19)7-6-12(14)3/h4-9,11H,10H2,1-3H3,(H,20,24). The molecule has 0 saturated heterocycles. The van der Waals surface area contributed by atoms with E-state index in [4.69, 9.17) is 16.0 Å². The average molecular weight is 391 g/mol. The third kappa shape index (κ3) is 4.11. The van der Waals surface area contributed by atoms with E-state index in [1.807, 2.05) is 43.5 Å². The molecule has 0 unspecified atom stereocenters. The summed E-state index contributed by atoms with van der Waals surface area (Å²) in [5, 5.41) is 12.6. The highest BCUT2D eigenvalue weighted by molar-refractivity contribution is 7.99. The van der Waals surface area contributed by atoms with Crippen molar-refractivity contribution < 1.29 is 9.21 Å². The summed E-state index contributed by atoms with van der Waals surface area (Å²) in [5.41, 5.74) is 1.67. The number of benzene rings is 1. The first-order valence-electron chi connectivity index (χ1n) is 8.13. The quantitative estimate of drug-likeness (QED) is 0.611. The van der Waals surface area contributed by atoms with Crippen LogP contribution in [0.25, 0.3) is 11.6 Å². The summed E-state index contributed by atoms with van der Waals surface area (Å²) in [7, 11) is 0. The van der Waals surface area contributed by atoms with Crippen LogP contribution in [-0.2, 0) is 4.79 Å². The van der Waals surface area contributed by atoms with E-state index in [1.54, 1.807) is 18.4 Å². The summed E-state index contributed by atoms with van der Waals surface area (Å²) in [5.74, 6) is 1.39. The molecule has 0 spiro atoms. The number of carbonyl (C=O) groups excluding carboxylic acids is 1. The van der Waals surface area contributed by atoms with Gasteiger partial charge in [-0.25, -0.2) is 0 Å². The highest BCUT2D eigenvalue weighted by Gasteiger charge is 2.19. The van der Waals surface area contributed by atoms with Gasteiger partial charge in [-0.05, 0) is 50.6 Å². The van der Waals surface area contributed by atoms with Gasteiger partial charge in [0.15, 0.2) is 10.9 Å². The molecule has 1 amide bonds. The number of furan rings is 1. The van der Waals surface area contributed by atoms with Crippen LogP contribution in [0.3, 0.4) is 0 Å². The zero-order valence-electron chi connectivity index (χ0n) is 14.7. The Labute approximate surface area is 160 Å². The molecule has 2 heterocycles. The van der Waals surface area contributed by atoms with Crippen LogP contribution in [0.15, 0.2) is 46.2 Å². The fourth-order valence-electron chi connectivity index (χ4n) is 2.46. The lowest BCUT2D eigenvalue weighted by molar-refractivity contribution is -0.113. The Kier molecular flexibility index (Phi) is 5.68. The van der Waals surface area contributed by atoms with Gasteiger partial charge in [-0.2, -0.15) is 0 Å². The summed E-state index contributed by atoms with van der Waals surface area (Å²) >= 11 is 7.33. The minimum atomic E-state index is -0.127. The first-order chi connectivity index (χ1) is 12.5. The van der Waals surface area contributed by atoms with Crippen molar-refractivity contribution >= 4 is 35.0 Å². The second-order valence-corrected chi connectivity index (χ2v) is 7.42. The predicted molar refractivity (Wildman–Crippen MR) is 104 cm³/mol. The van der Waals surface area contributed by atoms with E-state index in [0.29, 0.717) is 27.5 Å². The average Bonchev–Trinajstić information content (AvgIpc) is 3.25. The van der Waals surface area contributed by atoms with E-state index in [-0.39, 0.29) is 17.7 Å². The second-order valence-electron chi connectivity index (χ2n) is 6.04. The smallest absolute Gasteiger partial charge is 0.234 e. The van der Waals surface area contributed by atoms with Crippen LogP contribution in [0.2, 0.25) is 5.02 Å². The molecule has 0 bridgehead atoms. The van der Waals surface area contributed by atoms with Crippen molar-refractivity contribution in [2.75, 3.05) is 11.1 Å². The van der Waals surface area contributed by atoms with Gasteiger partial charge < -0.3 is 9.73 Å². The van der Waals surface area contributed by atoms with Gasteiger partial charge in [-0.3, -0.25) is 9.36 Å². The van der Waals surface area contributed by atoms with Crippen LogP contribution in [-0.4, -0.2) is 26.4 Å². The fourth-order valence-corrected chi connectivity index (χ4v) is 3.50. The molecule has 0 saturated carbocycles. The largest absolute Gasteiger partial charge is 0.461 e. The van der Waals surface area contributed by atoms with Gasteiger partial charge in [0.25, 0.3) is 0 Å². The molecule has 0 aliphatic carbocycles. The van der Waals surface area contributed by atoms with E-state index >= 15 is 0 Å². The van der Waals surface area contributed by atoms with Crippen LogP contribution < -0.4 is 5.32 Å². The van der Waals surface area contributed by atoms with Gasteiger partial charge in [-0.15, -0.1) is 10.2 Å². The Morgan fingerprint density at radius 1 is 1.35 bits per heavy atom. The maximum absolute atomic E-state index is 12.3. The maximum atomic E-state index is 12.3. The van der Waals surface area contributed by atoms with E-state index in [9.17, 15) is 4.79 Å². The number of hydrogen-bond acceptors (Lipinski definition) is 5. The van der Waals surface area contributed by atoms with Gasteiger partial charge in [0.1, 0.15) is 0 Å². The second kappa shape index (κ2) is 7.97. The van der Waals surface area contributed by atoms with Crippen molar-refractivity contribution in [1.82, 2.24) is 14.8 Å². The topological polar surface area (TPSA) is 73.0 Å². The molecule has 3 aromatic rings. The summed E-state index contributed by atoms with van der Waals surface area (Å²) in [6.45, 7) is 5.99. The Bertz CT molecular complexity index is 906. The van der Waals surface area contributed by atoms with Crippen LogP contribution >= 0.6 is 23.4 Å². The summed E-state index contributed by atoms with van der Waals surface area (Å²) in [4.78, 5) is 12.3. The molecule has 3 rings (SSSR count). The lowest BCUT2D eigenvalue weighted by Gasteiger charge is -2.13. The summed E-state index contributed by atoms with van der Waals surface area (Å²) in [6, 6.07) is 9.18.